The summed E-state index contributed by atoms with van der Waals surface area (Å²) in [4.78, 5) is 13.3. The molecule has 0 heterocycles. The third-order valence-electron chi connectivity index (χ3n) is 4.19. The minimum Gasteiger partial charge on any atom is -0.508 e. The van der Waals surface area contributed by atoms with Crippen LogP contribution < -0.4 is 0 Å². The van der Waals surface area contributed by atoms with Gasteiger partial charge in [0.05, 0.1) is 6.54 Å². The Morgan fingerprint density at radius 2 is 2.00 bits per heavy atom. The van der Waals surface area contributed by atoms with Crippen molar-refractivity contribution in [2.45, 2.75) is 51.1 Å². The summed E-state index contributed by atoms with van der Waals surface area (Å²) in [5.74, 6) is -0.543. The highest BCUT2D eigenvalue weighted by atomic mass is 16.4. The van der Waals surface area contributed by atoms with E-state index in [1.165, 1.54) is 0 Å². The second-order valence-electron chi connectivity index (χ2n) is 5.49. The molecule has 1 aromatic carbocycles. The van der Waals surface area contributed by atoms with E-state index in [9.17, 15) is 15.0 Å². The highest BCUT2D eigenvalue weighted by Crippen LogP contribution is 2.36. The summed E-state index contributed by atoms with van der Waals surface area (Å²) in [6, 6.07) is 7.54. The molecule has 1 aromatic rings. The lowest BCUT2D eigenvalue weighted by Crippen LogP contribution is -2.40. The normalized spacial score (nSPS) is 17.5. The summed E-state index contributed by atoms with van der Waals surface area (Å²) in [6.45, 7) is 2.08. The number of nitrogens with zero attached hydrogens (tertiary/aromatic N) is 1. The summed E-state index contributed by atoms with van der Waals surface area (Å²) in [6.07, 6.45) is 5.23. The predicted molar refractivity (Wildman–Crippen MR) is 77.7 cm³/mol. The molecule has 0 amide bonds. The number of hydrogen-bond donors (Lipinski definition) is 2. The average molecular weight is 277 g/mol. The number of phenols is 1. The Balaban J connectivity index is 2.28. The molecule has 1 atom stereocenters. The van der Waals surface area contributed by atoms with E-state index in [2.05, 4.69) is 4.90 Å². The van der Waals surface area contributed by atoms with E-state index in [4.69, 9.17) is 0 Å². The third kappa shape index (κ3) is 3.31. The summed E-state index contributed by atoms with van der Waals surface area (Å²) in [5, 5.41) is 19.3. The number of carboxylic acids is 1. The van der Waals surface area contributed by atoms with Gasteiger partial charge in [-0.05, 0) is 25.3 Å². The van der Waals surface area contributed by atoms with Gasteiger partial charge in [-0.15, -0.1) is 0 Å². The minimum atomic E-state index is -0.800. The second-order valence-corrected chi connectivity index (χ2v) is 5.49. The Morgan fingerprint density at radius 1 is 1.35 bits per heavy atom. The highest BCUT2D eigenvalue weighted by molar-refractivity contribution is 5.69. The Hall–Kier alpha value is -1.55. The lowest BCUT2D eigenvalue weighted by molar-refractivity contribution is -0.139. The molecule has 0 aromatic heterocycles. The van der Waals surface area contributed by atoms with E-state index in [0.717, 1.165) is 37.7 Å². The van der Waals surface area contributed by atoms with Gasteiger partial charge in [0.15, 0.2) is 0 Å². The monoisotopic (exact) mass is 277 g/mol. The number of benzene rings is 1. The van der Waals surface area contributed by atoms with Gasteiger partial charge >= 0.3 is 5.97 Å². The molecule has 4 heteroatoms. The highest BCUT2D eigenvalue weighted by Gasteiger charge is 2.31. The standard InChI is InChI=1S/C16H23NO3/c1-2-14(13-9-5-6-10-15(13)18)17(11-16(19)20)12-7-3-4-8-12/h5-6,9-10,12,14,18H,2-4,7-8,11H2,1H3,(H,19,20). The summed E-state index contributed by atoms with van der Waals surface area (Å²) in [7, 11) is 0. The fraction of sp³-hybridized carbons (Fsp3) is 0.562. The van der Waals surface area contributed by atoms with Crippen LogP contribution in [-0.2, 0) is 4.79 Å². The van der Waals surface area contributed by atoms with E-state index in [1.54, 1.807) is 12.1 Å². The summed E-state index contributed by atoms with van der Waals surface area (Å²) >= 11 is 0. The van der Waals surface area contributed by atoms with Crippen LogP contribution >= 0.6 is 0 Å². The smallest absolute Gasteiger partial charge is 0.317 e. The molecule has 1 aliphatic rings. The number of carboxylic acid groups (broad SMARTS) is 1. The van der Waals surface area contributed by atoms with Crippen molar-refractivity contribution in [1.82, 2.24) is 4.90 Å². The maximum atomic E-state index is 11.2. The van der Waals surface area contributed by atoms with Crippen LogP contribution in [0.1, 0.15) is 50.6 Å². The van der Waals surface area contributed by atoms with Crippen molar-refractivity contribution in [2.75, 3.05) is 6.54 Å². The van der Waals surface area contributed by atoms with Gasteiger partial charge in [-0.25, -0.2) is 0 Å². The molecule has 0 saturated heterocycles. The van der Waals surface area contributed by atoms with Gasteiger partial charge in [0.2, 0.25) is 0 Å². The van der Waals surface area contributed by atoms with Gasteiger partial charge in [-0.1, -0.05) is 38.0 Å². The van der Waals surface area contributed by atoms with Crippen LogP contribution in [0.15, 0.2) is 24.3 Å². The molecule has 110 valence electrons. The first-order valence-corrected chi connectivity index (χ1v) is 7.39. The molecule has 1 unspecified atom stereocenters. The van der Waals surface area contributed by atoms with Crippen molar-refractivity contribution in [1.29, 1.82) is 0 Å². The zero-order valence-electron chi connectivity index (χ0n) is 12.0. The van der Waals surface area contributed by atoms with E-state index < -0.39 is 5.97 Å². The largest absolute Gasteiger partial charge is 0.508 e. The number of rotatable bonds is 6. The summed E-state index contributed by atoms with van der Waals surface area (Å²) in [5.41, 5.74) is 0.836. The first kappa shape index (κ1) is 14.9. The molecular formula is C16H23NO3. The van der Waals surface area contributed by atoms with Gasteiger partial charge in [0.1, 0.15) is 5.75 Å². The number of hydrogen-bond acceptors (Lipinski definition) is 3. The molecule has 0 aliphatic heterocycles. The average Bonchev–Trinajstić information content (AvgIpc) is 2.94. The Kier molecular flexibility index (Phi) is 5.01. The van der Waals surface area contributed by atoms with Gasteiger partial charge in [0, 0.05) is 17.6 Å². The number of aromatic hydroxyl groups is 1. The Morgan fingerprint density at radius 3 is 2.55 bits per heavy atom. The van der Waals surface area contributed by atoms with Crippen molar-refractivity contribution >= 4 is 5.97 Å². The molecule has 20 heavy (non-hydrogen) atoms. The molecule has 0 spiro atoms. The van der Waals surface area contributed by atoms with Crippen LogP contribution in [-0.4, -0.2) is 33.7 Å². The summed E-state index contributed by atoms with van der Waals surface area (Å²) < 4.78 is 0. The van der Waals surface area contributed by atoms with Gasteiger partial charge < -0.3 is 10.2 Å². The van der Waals surface area contributed by atoms with Crippen LogP contribution in [0.5, 0.6) is 5.75 Å². The van der Waals surface area contributed by atoms with Crippen molar-refractivity contribution in [3.8, 4) is 5.75 Å². The quantitative estimate of drug-likeness (QED) is 0.838. The lowest BCUT2D eigenvalue weighted by atomic mass is 9.99. The fourth-order valence-electron chi connectivity index (χ4n) is 3.29. The van der Waals surface area contributed by atoms with E-state index >= 15 is 0 Å². The molecule has 2 rings (SSSR count). The van der Waals surface area contributed by atoms with E-state index in [1.807, 2.05) is 19.1 Å². The van der Waals surface area contributed by atoms with Crippen molar-refractivity contribution in [2.24, 2.45) is 0 Å². The minimum absolute atomic E-state index is 0.0320. The van der Waals surface area contributed by atoms with Crippen LogP contribution in [0, 0.1) is 0 Å². The topological polar surface area (TPSA) is 60.8 Å². The second kappa shape index (κ2) is 6.75. The van der Waals surface area contributed by atoms with Crippen molar-refractivity contribution in [3.63, 3.8) is 0 Å². The van der Waals surface area contributed by atoms with Crippen LogP contribution in [0.2, 0.25) is 0 Å². The number of carbonyl (C=O) groups is 1. The molecule has 1 fully saturated rings. The van der Waals surface area contributed by atoms with Crippen molar-refractivity contribution < 1.29 is 15.0 Å². The molecular weight excluding hydrogens is 254 g/mol. The molecule has 0 bridgehead atoms. The van der Waals surface area contributed by atoms with Crippen molar-refractivity contribution in [3.05, 3.63) is 29.8 Å². The molecule has 2 N–H and O–H groups in total. The van der Waals surface area contributed by atoms with Crippen LogP contribution in [0.4, 0.5) is 0 Å². The first-order chi connectivity index (χ1) is 9.63. The number of para-hydroxylation sites is 1. The van der Waals surface area contributed by atoms with E-state index in [-0.39, 0.29) is 18.3 Å². The van der Waals surface area contributed by atoms with Gasteiger partial charge in [-0.3, -0.25) is 9.69 Å². The zero-order valence-corrected chi connectivity index (χ0v) is 12.0. The maximum absolute atomic E-state index is 11.2. The molecule has 1 saturated carbocycles. The first-order valence-electron chi connectivity index (χ1n) is 7.39. The zero-order chi connectivity index (χ0) is 14.5. The molecule has 1 aliphatic carbocycles. The van der Waals surface area contributed by atoms with Gasteiger partial charge in [0.25, 0.3) is 0 Å². The number of phenolic OH excluding ortho intramolecular Hbond substituents is 1. The third-order valence-corrected chi connectivity index (χ3v) is 4.19. The Bertz CT molecular complexity index is 455. The van der Waals surface area contributed by atoms with Crippen LogP contribution in [0.25, 0.3) is 0 Å². The van der Waals surface area contributed by atoms with E-state index in [0.29, 0.717) is 6.04 Å². The Labute approximate surface area is 120 Å². The number of aliphatic carboxylic acids is 1. The van der Waals surface area contributed by atoms with Gasteiger partial charge in [-0.2, -0.15) is 0 Å². The molecule has 0 radical (unpaired) electrons. The fourth-order valence-corrected chi connectivity index (χ4v) is 3.29. The lowest BCUT2D eigenvalue weighted by Gasteiger charge is -2.35. The maximum Gasteiger partial charge on any atom is 0.317 e. The predicted octanol–water partition coefficient (Wildman–Crippen LogP) is 3.17. The van der Waals surface area contributed by atoms with Crippen LogP contribution in [0.3, 0.4) is 0 Å². The molecule has 4 nitrogen and oxygen atoms in total. The SMILES string of the molecule is CCC(c1ccccc1O)N(CC(=O)O)C1CCCC1.